The first kappa shape index (κ1) is 9.45. The highest BCUT2D eigenvalue weighted by atomic mass is 35.5. The van der Waals surface area contributed by atoms with Crippen LogP contribution in [0.1, 0.15) is 0 Å². The van der Waals surface area contributed by atoms with E-state index in [4.69, 9.17) is 20.6 Å². The van der Waals surface area contributed by atoms with Crippen LogP contribution >= 0.6 is 11.6 Å². The largest absolute Gasteiger partial charge is 0.417 e. The first-order chi connectivity index (χ1) is 6.58. The number of aromatic amines is 1. The zero-order chi connectivity index (χ0) is 10.3. The molecular weight excluding hydrogens is 230 g/mol. The molecular formula is C7H4ClNO4S. The van der Waals surface area contributed by atoms with E-state index in [1.54, 1.807) is 0 Å². The Hall–Kier alpha value is -1.11. The molecule has 0 bridgehead atoms. The minimum Gasteiger partial charge on any atom is -0.408 e. The van der Waals surface area contributed by atoms with Crippen LogP contribution < -0.4 is 5.76 Å². The number of hydrogen-bond acceptors (Lipinski definition) is 3. The summed E-state index contributed by atoms with van der Waals surface area (Å²) in [6, 6.07) is 2.62. The average Bonchev–Trinajstić information content (AvgIpc) is 2.42. The van der Waals surface area contributed by atoms with Crippen LogP contribution in [0.15, 0.2) is 26.2 Å². The van der Waals surface area contributed by atoms with Crippen LogP contribution in [0.25, 0.3) is 11.1 Å². The van der Waals surface area contributed by atoms with Crippen molar-refractivity contribution in [1.29, 1.82) is 0 Å². The topological polar surface area (TPSA) is 83.3 Å². The molecule has 5 nitrogen and oxygen atoms in total. The number of aromatic nitrogens is 1. The predicted octanol–water partition coefficient (Wildman–Crippen LogP) is 1.36. The van der Waals surface area contributed by atoms with E-state index >= 15 is 0 Å². The van der Waals surface area contributed by atoms with Gasteiger partial charge in [-0.05, 0) is 6.07 Å². The molecule has 1 aromatic heterocycles. The summed E-state index contributed by atoms with van der Waals surface area (Å²) < 4.78 is 24.3. The number of nitrogens with one attached hydrogen (secondary N) is 1. The minimum absolute atomic E-state index is 0.0157. The summed E-state index contributed by atoms with van der Waals surface area (Å²) in [5, 5.41) is 0.107. The second-order valence-corrected chi connectivity index (χ2v) is 3.89. The summed E-state index contributed by atoms with van der Waals surface area (Å²) in [5.41, 5.74) is 0.603. The Bertz CT molecular complexity index is 573. The van der Waals surface area contributed by atoms with Gasteiger partial charge in [-0.3, -0.25) is 4.98 Å². The third-order valence-corrected chi connectivity index (χ3v) is 2.80. The molecule has 0 aliphatic heterocycles. The van der Waals surface area contributed by atoms with Gasteiger partial charge in [0.1, 0.15) is 0 Å². The van der Waals surface area contributed by atoms with Gasteiger partial charge in [-0.1, -0.05) is 11.6 Å². The van der Waals surface area contributed by atoms with Crippen LogP contribution in [-0.4, -0.2) is 13.7 Å². The SMILES string of the molecule is O=c1[nH]c2cc(Cl)c(S(=O)O)cc2o1. The maximum absolute atomic E-state index is 10.8. The molecule has 1 atom stereocenters. The van der Waals surface area contributed by atoms with Gasteiger partial charge in [0.2, 0.25) is 0 Å². The van der Waals surface area contributed by atoms with E-state index in [-0.39, 0.29) is 15.5 Å². The molecule has 0 amide bonds. The fraction of sp³-hybridized carbons (Fsp3) is 0. The van der Waals surface area contributed by atoms with Crippen LogP contribution in [0.2, 0.25) is 5.02 Å². The van der Waals surface area contributed by atoms with Crippen molar-refractivity contribution in [2.75, 3.05) is 0 Å². The first-order valence-electron chi connectivity index (χ1n) is 3.51. The van der Waals surface area contributed by atoms with Crippen LogP contribution in [0.4, 0.5) is 0 Å². The van der Waals surface area contributed by atoms with Gasteiger partial charge < -0.3 is 8.97 Å². The van der Waals surface area contributed by atoms with Crippen molar-refractivity contribution in [3.63, 3.8) is 0 Å². The molecule has 14 heavy (non-hydrogen) atoms. The van der Waals surface area contributed by atoms with E-state index in [9.17, 15) is 9.00 Å². The van der Waals surface area contributed by atoms with Crippen molar-refractivity contribution >= 4 is 33.8 Å². The van der Waals surface area contributed by atoms with Gasteiger partial charge in [0, 0.05) is 6.07 Å². The van der Waals surface area contributed by atoms with E-state index < -0.39 is 16.8 Å². The lowest BCUT2D eigenvalue weighted by atomic mass is 10.3. The Kier molecular flexibility index (Phi) is 2.18. The summed E-state index contributed by atoms with van der Waals surface area (Å²) in [6.07, 6.45) is 0. The number of hydrogen-bond donors (Lipinski definition) is 2. The lowest BCUT2D eigenvalue weighted by Crippen LogP contribution is -1.92. The molecule has 0 aliphatic carbocycles. The minimum atomic E-state index is -2.20. The molecule has 0 saturated heterocycles. The predicted molar refractivity (Wildman–Crippen MR) is 50.9 cm³/mol. The van der Waals surface area contributed by atoms with Crippen molar-refractivity contribution in [2.45, 2.75) is 4.90 Å². The Labute approximate surface area is 85.0 Å². The highest BCUT2D eigenvalue weighted by Gasteiger charge is 2.10. The van der Waals surface area contributed by atoms with Crippen LogP contribution in [0.3, 0.4) is 0 Å². The zero-order valence-electron chi connectivity index (χ0n) is 6.61. The Morgan fingerprint density at radius 2 is 2.21 bits per heavy atom. The molecule has 0 aliphatic rings. The smallest absolute Gasteiger partial charge is 0.408 e. The number of fused-ring (bicyclic) bond motifs is 1. The maximum atomic E-state index is 10.8. The summed E-state index contributed by atoms with van der Waals surface area (Å²) >= 11 is 3.50. The molecule has 0 spiro atoms. The van der Waals surface area contributed by atoms with Crippen LogP contribution in [0.5, 0.6) is 0 Å². The monoisotopic (exact) mass is 233 g/mol. The number of halogens is 1. The molecule has 2 N–H and O–H groups in total. The number of H-pyrrole nitrogens is 1. The van der Waals surface area contributed by atoms with Crippen molar-refractivity contribution in [3.8, 4) is 0 Å². The van der Waals surface area contributed by atoms with Gasteiger partial charge in [-0.25, -0.2) is 9.00 Å². The summed E-state index contributed by atoms with van der Waals surface area (Å²) in [5.74, 6) is -0.628. The van der Waals surface area contributed by atoms with E-state index in [1.807, 2.05) is 0 Å². The van der Waals surface area contributed by atoms with E-state index in [1.165, 1.54) is 12.1 Å². The summed E-state index contributed by atoms with van der Waals surface area (Å²) in [4.78, 5) is 13.2. The lowest BCUT2D eigenvalue weighted by molar-refractivity contribution is 0.551. The van der Waals surface area contributed by atoms with Crippen molar-refractivity contribution in [2.24, 2.45) is 0 Å². The highest BCUT2D eigenvalue weighted by Crippen LogP contribution is 2.24. The molecule has 2 rings (SSSR count). The van der Waals surface area contributed by atoms with Crippen LogP contribution in [0, 0.1) is 0 Å². The van der Waals surface area contributed by atoms with Gasteiger partial charge >= 0.3 is 5.76 Å². The molecule has 2 aromatic rings. The third-order valence-electron chi connectivity index (χ3n) is 1.66. The van der Waals surface area contributed by atoms with E-state index in [0.29, 0.717) is 5.52 Å². The van der Waals surface area contributed by atoms with Crippen molar-refractivity contribution in [1.82, 2.24) is 4.98 Å². The second kappa shape index (κ2) is 3.23. The lowest BCUT2D eigenvalue weighted by Gasteiger charge is -1.97. The second-order valence-electron chi connectivity index (χ2n) is 2.54. The maximum Gasteiger partial charge on any atom is 0.417 e. The molecule has 1 unspecified atom stereocenters. The van der Waals surface area contributed by atoms with Gasteiger partial charge in [-0.15, -0.1) is 0 Å². The molecule has 0 radical (unpaired) electrons. The van der Waals surface area contributed by atoms with Crippen molar-refractivity contribution < 1.29 is 13.2 Å². The molecule has 0 fully saturated rings. The number of benzene rings is 1. The fourth-order valence-electron chi connectivity index (χ4n) is 1.09. The van der Waals surface area contributed by atoms with Gasteiger partial charge in [0.25, 0.3) is 0 Å². The normalized spacial score (nSPS) is 13.3. The van der Waals surface area contributed by atoms with Gasteiger partial charge in [0.05, 0.1) is 15.4 Å². The molecule has 1 heterocycles. The van der Waals surface area contributed by atoms with Crippen molar-refractivity contribution in [3.05, 3.63) is 27.7 Å². The first-order valence-corrected chi connectivity index (χ1v) is 4.99. The van der Waals surface area contributed by atoms with Gasteiger partial charge in [-0.2, -0.15) is 0 Å². The van der Waals surface area contributed by atoms with Gasteiger partial charge in [0.15, 0.2) is 16.7 Å². The van der Waals surface area contributed by atoms with E-state index in [0.717, 1.165) is 0 Å². The Morgan fingerprint density at radius 3 is 2.86 bits per heavy atom. The summed E-state index contributed by atoms with van der Waals surface area (Å²) in [6.45, 7) is 0. The third kappa shape index (κ3) is 1.47. The molecule has 1 aromatic carbocycles. The Morgan fingerprint density at radius 1 is 1.50 bits per heavy atom. The Balaban J connectivity index is 2.82. The average molecular weight is 234 g/mol. The molecule has 7 heteroatoms. The highest BCUT2D eigenvalue weighted by molar-refractivity contribution is 7.79. The standard InChI is InChI=1S/C7H4ClNO4S/c8-3-1-4-5(13-7(10)9-4)2-6(3)14(11)12/h1-2H,(H,9,10)(H,11,12). The number of oxazole rings is 1. The molecule has 74 valence electrons. The van der Waals surface area contributed by atoms with Crippen LogP contribution in [-0.2, 0) is 11.1 Å². The summed E-state index contributed by atoms with van der Waals surface area (Å²) in [7, 11) is 0. The quantitative estimate of drug-likeness (QED) is 0.729. The number of rotatable bonds is 1. The molecule has 0 saturated carbocycles. The zero-order valence-corrected chi connectivity index (χ0v) is 8.19. The fourth-order valence-corrected chi connectivity index (χ4v) is 1.88. The van der Waals surface area contributed by atoms with E-state index in [2.05, 4.69) is 4.98 Å².